The number of benzene rings is 3. The summed E-state index contributed by atoms with van der Waals surface area (Å²) < 4.78 is 79.6. The van der Waals surface area contributed by atoms with Crippen LogP contribution in [0.2, 0.25) is 5.15 Å². The fourth-order valence-electron chi connectivity index (χ4n) is 3.93. The van der Waals surface area contributed by atoms with E-state index in [1.807, 2.05) is 0 Å². The second-order valence-corrected chi connectivity index (χ2v) is 8.47. The average molecular weight is 523 g/mol. The van der Waals surface area contributed by atoms with Gasteiger partial charge < -0.3 is 4.90 Å². The quantitative estimate of drug-likeness (QED) is 0.202. The lowest BCUT2D eigenvalue weighted by Gasteiger charge is -2.22. The molecule has 3 aromatic carbocycles. The van der Waals surface area contributed by atoms with Crippen LogP contribution < -0.4 is 0 Å². The van der Waals surface area contributed by atoms with Gasteiger partial charge in [-0.05, 0) is 35.4 Å². The number of aromatic nitrogens is 1. The fraction of sp³-hybridized carbons (Fsp3) is 0.154. The Labute approximate surface area is 206 Å². The molecule has 0 saturated carbocycles. The summed E-state index contributed by atoms with van der Waals surface area (Å²) in [4.78, 5) is 18.8. The van der Waals surface area contributed by atoms with Gasteiger partial charge in [0.25, 0.3) is 5.91 Å². The molecule has 0 N–H and O–H groups in total. The lowest BCUT2D eigenvalue weighted by atomic mass is 9.95. The van der Waals surface area contributed by atoms with Gasteiger partial charge in [-0.1, -0.05) is 60.1 Å². The van der Waals surface area contributed by atoms with E-state index in [0.717, 1.165) is 4.90 Å². The largest absolute Gasteiger partial charge is 0.416 e. The Morgan fingerprint density at radius 2 is 1.42 bits per heavy atom. The van der Waals surface area contributed by atoms with Crippen molar-refractivity contribution in [3.05, 3.63) is 100 Å². The van der Waals surface area contributed by atoms with Gasteiger partial charge in [0, 0.05) is 24.5 Å². The Hall–Kier alpha value is -3.59. The van der Waals surface area contributed by atoms with Crippen LogP contribution in [-0.2, 0) is 18.9 Å². The van der Waals surface area contributed by atoms with E-state index in [1.54, 1.807) is 54.6 Å². The molecule has 0 bridgehead atoms. The Bertz CT molecular complexity index is 1400. The lowest BCUT2D eigenvalue weighted by Crippen LogP contribution is -2.28. The highest BCUT2D eigenvalue weighted by Gasteiger charge is 2.37. The van der Waals surface area contributed by atoms with Crippen molar-refractivity contribution in [3.63, 3.8) is 0 Å². The van der Waals surface area contributed by atoms with Crippen LogP contribution in [0.1, 0.15) is 27.0 Å². The number of para-hydroxylation sites is 1. The normalized spacial score (nSPS) is 12.1. The van der Waals surface area contributed by atoms with E-state index in [1.165, 1.54) is 7.05 Å². The molecule has 0 aliphatic heterocycles. The highest BCUT2D eigenvalue weighted by molar-refractivity contribution is 6.34. The molecule has 0 radical (unpaired) electrons. The number of hydrogen-bond donors (Lipinski definition) is 0. The number of carbonyl (C=O) groups excluding carboxylic acids is 1. The Morgan fingerprint density at radius 3 is 2.00 bits per heavy atom. The standard InChI is InChI=1S/C26H17ClF6N2O/c1-35(14-15-11-17(25(28,29)30)13-18(12-15)26(31,32)33)24(36)22-21(16-7-3-2-4-8-16)19-9-5-6-10-20(19)34-23(22)27/h2-13H,14H2,1H3. The van der Waals surface area contributed by atoms with Crippen molar-refractivity contribution in [3.8, 4) is 11.1 Å². The monoisotopic (exact) mass is 522 g/mol. The molecular formula is C26H17ClF6N2O. The fourth-order valence-corrected chi connectivity index (χ4v) is 4.20. The van der Waals surface area contributed by atoms with Gasteiger partial charge in [0.15, 0.2) is 0 Å². The first kappa shape index (κ1) is 25.5. The summed E-state index contributed by atoms with van der Waals surface area (Å²) in [5, 5.41) is 0.479. The third-order valence-corrected chi connectivity index (χ3v) is 5.81. The van der Waals surface area contributed by atoms with Crippen LogP contribution >= 0.6 is 11.6 Å². The van der Waals surface area contributed by atoms with Crippen LogP contribution in [0.3, 0.4) is 0 Å². The number of carbonyl (C=O) groups is 1. The topological polar surface area (TPSA) is 33.2 Å². The van der Waals surface area contributed by atoms with Gasteiger partial charge in [0.2, 0.25) is 0 Å². The zero-order valence-electron chi connectivity index (χ0n) is 18.6. The van der Waals surface area contributed by atoms with Crippen molar-refractivity contribution >= 4 is 28.4 Å². The van der Waals surface area contributed by atoms with Gasteiger partial charge in [-0.2, -0.15) is 26.3 Å². The summed E-state index contributed by atoms with van der Waals surface area (Å²) in [6, 6.07) is 17.0. The van der Waals surface area contributed by atoms with Crippen molar-refractivity contribution in [1.29, 1.82) is 0 Å². The minimum Gasteiger partial charge on any atom is -0.337 e. The molecule has 0 aliphatic rings. The lowest BCUT2D eigenvalue weighted by molar-refractivity contribution is -0.143. The van der Waals surface area contributed by atoms with Crippen molar-refractivity contribution < 1.29 is 31.1 Å². The van der Waals surface area contributed by atoms with E-state index >= 15 is 0 Å². The van der Waals surface area contributed by atoms with Gasteiger partial charge in [-0.25, -0.2) is 4.98 Å². The minimum atomic E-state index is -5.00. The maximum atomic E-state index is 13.5. The molecule has 0 atom stereocenters. The number of amides is 1. The summed E-state index contributed by atoms with van der Waals surface area (Å²) in [7, 11) is 1.27. The molecule has 36 heavy (non-hydrogen) atoms. The van der Waals surface area contributed by atoms with Crippen LogP contribution in [0.25, 0.3) is 22.0 Å². The van der Waals surface area contributed by atoms with E-state index in [2.05, 4.69) is 4.98 Å². The van der Waals surface area contributed by atoms with E-state index in [9.17, 15) is 31.1 Å². The molecule has 1 heterocycles. The molecule has 0 aliphatic carbocycles. The van der Waals surface area contributed by atoms with E-state index in [4.69, 9.17) is 11.6 Å². The third kappa shape index (κ3) is 5.16. The number of halogens is 7. The average Bonchev–Trinajstić information content (AvgIpc) is 2.82. The number of nitrogens with zero attached hydrogens (tertiary/aromatic N) is 2. The predicted octanol–water partition coefficient (Wildman–Crippen LogP) is 7.87. The van der Waals surface area contributed by atoms with Gasteiger partial charge >= 0.3 is 12.4 Å². The summed E-state index contributed by atoms with van der Waals surface area (Å²) in [5.74, 6) is -0.705. The summed E-state index contributed by atoms with van der Waals surface area (Å²) in [6.07, 6.45) is -9.99. The van der Waals surface area contributed by atoms with Crippen molar-refractivity contribution in [2.45, 2.75) is 18.9 Å². The molecule has 1 amide bonds. The smallest absolute Gasteiger partial charge is 0.337 e. The van der Waals surface area contributed by atoms with E-state index < -0.39 is 35.9 Å². The van der Waals surface area contributed by atoms with Gasteiger partial charge in [-0.3, -0.25) is 4.79 Å². The minimum absolute atomic E-state index is 0.00733. The van der Waals surface area contributed by atoms with Crippen LogP contribution in [0, 0.1) is 0 Å². The Balaban J connectivity index is 1.80. The first-order valence-corrected chi connectivity index (χ1v) is 10.9. The van der Waals surface area contributed by atoms with Crippen LogP contribution in [0.4, 0.5) is 26.3 Å². The molecule has 3 nitrogen and oxygen atoms in total. The number of hydrogen-bond acceptors (Lipinski definition) is 2. The second-order valence-electron chi connectivity index (χ2n) is 8.11. The van der Waals surface area contributed by atoms with E-state index in [0.29, 0.717) is 34.2 Å². The summed E-state index contributed by atoms with van der Waals surface area (Å²) >= 11 is 6.41. The van der Waals surface area contributed by atoms with Gasteiger partial charge in [0.05, 0.1) is 22.2 Å². The first-order valence-electron chi connectivity index (χ1n) is 10.5. The first-order chi connectivity index (χ1) is 16.9. The van der Waals surface area contributed by atoms with Crippen molar-refractivity contribution in [2.75, 3.05) is 7.05 Å². The summed E-state index contributed by atoms with van der Waals surface area (Å²) in [5.41, 5.74) is -1.62. The Morgan fingerprint density at radius 1 is 0.861 bits per heavy atom. The number of rotatable bonds is 4. The zero-order valence-corrected chi connectivity index (χ0v) is 19.3. The highest BCUT2D eigenvalue weighted by atomic mass is 35.5. The molecule has 186 valence electrons. The molecule has 0 spiro atoms. The number of fused-ring (bicyclic) bond motifs is 1. The predicted molar refractivity (Wildman–Crippen MR) is 124 cm³/mol. The molecule has 0 unspecified atom stereocenters. The zero-order chi connectivity index (χ0) is 26.3. The highest BCUT2D eigenvalue weighted by Crippen LogP contribution is 2.38. The molecule has 0 fully saturated rings. The third-order valence-electron chi connectivity index (χ3n) is 5.54. The molecule has 1 aromatic heterocycles. The SMILES string of the molecule is CN(Cc1cc(C(F)(F)F)cc(C(F)(F)F)c1)C(=O)c1c(Cl)nc2ccccc2c1-c1ccccc1. The van der Waals surface area contributed by atoms with Crippen LogP contribution in [0.15, 0.2) is 72.8 Å². The summed E-state index contributed by atoms with van der Waals surface area (Å²) in [6.45, 7) is -0.525. The van der Waals surface area contributed by atoms with Crippen LogP contribution in [0.5, 0.6) is 0 Å². The van der Waals surface area contributed by atoms with Gasteiger partial charge in [0.1, 0.15) is 5.15 Å². The van der Waals surface area contributed by atoms with Crippen molar-refractivity contribution in [1.82, 2.24) is 9.88 Å². The number of pyridine rings is 1. The molecule has 4 rings (SSSR count). The molecule has 0 saturated heterocycles. The van der Waals surface area contributed by atoms with E-state index in [-0.39, 0.29) is 22.3 Å². The van der Waals surface area contributed by atoms with Crippen molar-refractivity contribution in [2.24, 2.45) is 0 Å². The Kier molecular flexibility index (Phi) is 6.70. The maximum absolute atomic E-state index is 13.5. The van der Waals surface area contributed by atoms with Crippen LogP contribution in [-0.4, -0.2) is 22.8 Å². The van der Waals surface area contributed by atoms with Gasteiger partial charge in [-0.15, -0.1) is 0 Å². The molecule has 4 aromatic rings. The molecular weight excluding hydrogens is 506 g/mol. The maximum Gasteiger partial charge on any atom is 0.416 e. The molecule has 10 heteroatoms. The number of alkyl halides is 6. The second kappa shape index (κ2) is 9.46.